The maximum Gasteiger partial charge on any atom is 0.311 e. The number of nitrogens with one attached hydrogen (secondary N) is 1. The quantitative estimate of drug-likeness (QED) is 0.700. The first-order chi connectivity index (χ1) is 11.4. The number of carbonyl (C=O) groups excluding carboxylic acids is 1. The number of rotatable bonds is 7. The normalized spacial score (nSPS) is 10.6. The third-order valence-corrected chi connectivity index (χ3v) is 4.01. The zero-order valence-corrected chi connectivity index (χ0v) is 14.7. The highest BCUT2D eigenvalue weighted by Crippen LogP contribution is 2.18. The van der Waals surface area contributed by atoms with Crippen LogP contribution in [0.2, 0.25) is 0 Å². The summed E-state index contributed by atoms with van der Waals surface area (Å²) in [6.45, 7) is 2.03. The molecule has 2 N–H and O–H groups in total. The molecule has 1 amide bonds. The van der Waals surface area contributed by atoms with Gasteiger partial charge in [-0.05, 0) is 37.5 Å². The van der Waals surface area contributed by atoms with E-state index in [1.54, 1.807) is 19.1 Å². The Balaban J connectivity index is 1.89. The lowest BCUT2D eigenvalue weighted by Crippen LogP contribution is -2.26. The molecule has 1 aromatic carbocycles. The van der Waals surface area contributed by atoms with Crippen molar-refractivity contribution in [3.63, 3.8) is 0 Å². The lowest BCUT2D eigenvalue weighted by Gasteiger charge is -2.07. The van der Waals surface area contributed by atoms with Crippen molar-refractivity contribution in [1.82, 2.24) is 5.32 Å². The van der Waals surface area contributed by atoms with Crippen LogP contribution in [0.3, 0.4) is 0 Å². The number of amides is 1. The molecule has 1 aromatic heterocycles. The minimum atomic E-state index is -1.07. The molecule has 24 heavy (non-hydrogen) atoms. The van der Waals surface area contributed by atoms with E-state index in [-0.39, 0.29) is 29.5 Å². The van der Waals surface area contributed by atoms with Gasteiger partial charge in [-0.2, -0.15) is 0 Å². The third kappa shape index (κ3) is 4.67. The second-order valence-electron chi connectivity index (χ2n) is 5.38. The number of carboxylic acid groups (broad SMARTS) is 1. The van der Waals surface area contributed by atoms with E-state index in [1.165, 1.54) is 12.3 Å². The van der Waals surface area contributed by atoms with Crippen molar-refractivity contribution >= 4 is 27.8 Å². The van der Waals surface area contributed by atoms with E-state index in [0.717, 1.165) is 0 Å². The van der Waals surface area contributed by atoms with Gasteiger partial charge in [-0.3, -0.25) is 9.59 Å². The molecular formula is C17H17BrFNO4. The smallest absolute Gasteiger partial charge is 0.311 e. The van der Waals surface area contributed by atoms with Crippen LogP contribution in [-0.4, -0.2) is 23.5 Å². The predicted octanol–water partition coefficient (Wildman–Crippen LogP) is 3.48. The molecule has 0 spiro atoms. The Morgan fingerprint density at radius 1 is 1.38 bits per heavy atom. The largest absolute Gasteiger partial charge is 0.481 e. The SMILES string of the molecule is Cc1coc(CC(=O)O)c1C(=O)NCCCc1ccc(Br)cc1F. The summed E-state index contributed by atoms with van der Waals surface area (Å²) in [5, 5.41) is 11.6. The van der Waals surface area contributed by atoms with Gasteiger partial charge < -0.3 is 14.8 Å². The molecule has 1 heterocycles. The Bertz CT molecular complexity index is 757. The third-order valence-electron chi connectivity index (χ3n) is 3.51. The highest BCUT2D eigenvalue weighted by Gasteiger charge is 2.20. The van der Waals surface area contributed by atoms with Crippen LogP contribution in [0.4, 0.5) is 4.39 Å². The van der Waals surface area contributed by atoms with Crippen molar-refractivity contribution in [3.8, 4) is 0 Å². The fourth-order valence-electron chi connectivity index (χ4n) is 2.36. The summed E-state index contributed by atoms with van der Waals surface area (Å²) >= 11 is 3.20. The predicted molar refractivity (Wildman–Crippen MR) is 89.5 cm³/mol. The number of hydrogen-bond donors (Lipinski definition) is 2. The van der Waals surface area contributed by atoms with Crippen LogP contribution in [0.1, 0.15) is 33.7 Å². The molecule has 0 aliphatic rings. The van der Waals surface area contributed by atoms with Crippen molar-refractivity contribution in [2.45, 2.75) is 26.2 Å². The van der Waals surface area contributed by atoms with Crippen LogP contribution in [0.25, 0.3) is 0 Å². The van der Waals surface area contributed by atoms with E-state index in [4.69, 9.17) is 9.52 Å². The number of aryl methyl sites for hydroxylation is 2. The van der Waals surface area contributed by atoms with E-state index in [0.29, 0.717) is 35.0 Å². The van der Waals surface area contributed by atoms with Gasteiger partial charge >= 0.3 is 5.97 Å². The van der Waals surface area contributed by atoms with Gasteiger partial charge in [0, 0.05) is 16.6 Å². The van der Waals surface area contributed by atoms with Gasteiger partial charge in [0.25, 0.3) is 5.91 Å². The van der Waals surface area contributed by atoms with E-state index in [1.807, 2.05) is 0 Å². The summed E-state index contributed by atoms with van der Waals surface area (Å²) in [5.74, 6) is -1.60. The summed E-state index contributed by atoms with van der Waals surface area (Å²) in [6.07, 6.45) is 2.08. The van der Waals surface area contributed by atoms with Gasteiger partial charge in [-0.15, -0.1) is 0 Å². The summed E-state index contributed by atoms with van der Waals surface area (Å²) in [4.78, 5) is 23.0. The zero-order valence-electron chi connectivity index (χ0n) is 13.1. The molecule has 0 saturated heterocycles. The van der Waals surface area contributed by atoms with E-state index >= 15 is 0 Å². The van der Waals surface area contributed by atoms with Crippen molar-refractivity contribution in [1.29, 1.82) is 0 Å². The number of aliphatic carboxylic acids is 1. The first-order valence-electron chi connectivity index (χ1n) is 7.39. The Hall–Kier alpha value is -2.15. The molecule has 0 aliphatic heterocycles. The number of hydrogen-bond acceptors (Lipinski definition) is 3. The lowest BCUT2D eigenvalue weighted by atomic mass is 10.1. The Kier molecular flexibility index (Phi) is 6.14. The molecule has 2 rings (SSSR count). The maximum atomic E-state index is 13.7. The summed E-state index contributed by atoms with van der Waals surface area (Å²) < 4.78 is 19.5. The Morgan fingerprint density at radius 3 is 2.79 bits per heavy atom. The minimum absolute atomic E-state index is 0.136. The van der Waals surface area contributed by atoms with Crippen molar-refractivity contribution in [2.75, 3.05) is 6.54 Å². The van der Waals surface area contributed by atoms with E-state index in [9.17, 15) is 14.0 Å². The molecule has 0 atom stereocenters. The molecule has 0 saturated carbocycles. The fourth-order valence-corrected chi connectivity index (χ4v) is 2.70. The summed E-state index contributed by atoms with van der Waals surface area (Å²) in [7, 11) is 0. The molecule has 0 bridgehead atoms. The zero-order chi connectivity index (χ0) is 17.7. The topological polar surface area (TPSA) is 79.5 Å². The van der Waals surface area contributed by atoms with Gasteiger partial charge in [0.1, 0.15) is 18.0 Å². The molecule has 0 fully saturated rings. The molecule has 5 nitrogen and oxygen atoms in total. The summed E-state index contributed by atoms with van der Waals surface area (Å²) in [5.41, 5.74) is 1.42. The van der Waals surface area contributed by atoms with Crippen LogP contribution in [0.5, 0.6) is 0 Å². The van der Waals surface area contributed by atoms with Gasteiger partial charge in [-0.1, -0.05) is 22.0 Å². The standard InChI is InChI=1S/C17H17BrFNO4/c1-10-9-24-14(8-15(21)22)16(10)17(23)20-6-2-3-11-4-5-12(18)7-13(11)19/h4-5,7,9H,2-3,6,8H2,1H3,(H,20,23)(H,21,22). The minimum Gasteiger partial charge on any atom is -0.481 e. The molecule has 0 unspecified atom stereocenters. The molecule has 0 aliphatic carbocycles. The van der Waals surface area contributed by atoms with Gasteiger partial charge in [0.2, 0.25) is 0 Å². The first kappa shape index (κ1) is 18.2. The van der Waals surface area contributed by atoms with Crippen molar-refractivity contribution in [3.05, 3.63) is 57.2 Å². The number of benzene rings is 1. The number of halogens is 2. The molecule has 128 valence electrons. The van der Waals surface area contributed by atoms with Crippen LogP contribution in [0, 0.1) is 12.7 Å². The van der Waals surface area contributed by atoms with E-state index < -0.39 is 5.97 Å². The summed E-state index contributed by atoms with van der Waals surface area (Å²) in [6, 6.07) is 4.87. The Labute approximate surface area is 147 Å². The van der Waals surface area contributed by atoms with Gasteiger partial charge in [0.05, 0.1) is 11.8 Å². The highest BCUT2D eigenvalue weighted by molar-refractivity contribution is 9.10. The van der Waals surface area contributed by atoms with Crippen LogP contribution >= 0.6 is 15.9 Å². The van der Waals surface area contributed by atoms with Gasteiger partial charge in [0.15, 0.2) is 0 Å². The number of furan rings is 1. The first-order valence-corrected chi connectivity index (χ1v) is 8.18. The molecular weight excluding hydrogens is 381 g/mol. The molecule has 2 aromatic rings. The molecule has 7 heteroatoms. The van der Waals surface area contributed by atoms with E-state index in [2.05, 4.69) is 21.2 Å². The van der Waals surface area contributed by atoms with Crippen LogP contribution in [0.15, 0.2) is 33.4 Å². The van der Waals surface area contributed by atoms with Crippen LogP contribution in [-0.2, 0) is 17.6 Å². The average molecular weight is 398 g/mol. The lowest BCUT2D eigenvalue weighted by molar-refractivity contribution is -0.136. The van der Waals surface area contributed by atoms with Gasteiger partial charge in [-0.25, -0.2) is 4.39 Å². The van der Waals surface area contributed by atoms with Crippen LogP contribution < -0.4 is 5.32 Å². The second-order valence-corrected chi connectivity index (χ2v) is 6.30. The fraction of sp³-hybridized carbons (Fsp3) is 0.294. The molecule has 0 radical (unpaired) electrons. The van der Waals surface area contributed by atoms with Crippen molar-refractivity contribution < 1.29 is 23.5 Å². The second kappa shape index (κ2) is 8.10. The monoisotopic (exact) mass is 397 g/mol. The average Bonchev–Trinajstić information content (AvgIpc) is 2.85. The Morgan fingerprint density at radius 2 is 2.12 bits per heavy atom. The number of carbonyl (C=O) groups is 2. The number of carboxylic acids is 1. The van der Waals surface area contributed by atoms with Crippen molar-refractivity contribution in [2.24, 2.45) is 0 Å². The highest BCUT2D eigenvalue weighted by atomic mass is 79.9. The maximum absolute atomic E-state index is 13.7.